The van der Waals surface area contributed by atoms with Gasteiger partial charge >= 0.3 is 0 Å². The molecule has 6 heteroatoms. The molecule has 330 valence electrons. The van der Waals surface area contributed by atoms with Crippen LogP contribution in [0.1, 0.15) is 142 Å². The fraction of sp³-hybridized carbons (Fsp3) is 0.322. The van der Waals surface area contributed by atoms with Crippen LogP contribution in [0.15, 0.2) is 170 Å². The van der Waals surface area contributed by atoms with Crippen molar-refractivity contribution >= 4 is 65.9 Å². The van der Waals surface area contributed by atoms with Crippen LogP contribution < -0.4 is 0 Å². The number of nitrogens with zero attached hydrogens (tertiary/aromatic N) is 4. The number of allylic oxidation sites excluding steroid dienone is 6. The van der Waals surface area contributed by atoms with Gasteiger partial charge in [-0.05, 0) is 194 Å². The molecule has 4 nitrogen and oxygen atoms in total. The molecule has 4 aromatic carbocycles. The zero-order valence-corrected chi connectivity index (χ0v) is 43.3. The lowest BCUT2D eigenvalue weighted by molar-refractivity contribution is 0.766. The molecule has 4 heterocycles. The Labute approximate surface area is 404 Å². The summed E-state index contributed by atoms with van der Waals surface area (Å²) >= 11 is 7.86. The summed E-state index contributed by atoms with van der Waals surface area (Å²) in [5.74, 6) is 0. The molecule has 4 aliphatic heterocycles. The van der Waals surface area contributed by atoms with E-state index in [0.717, 1.165) is 80.0 Å². The van der Waals surface area contributed by atoms with Crippen LogP contribution in [0.2, 0.25) is 0 Å². The second kappa shape index (κ2) is 17.3. The van der Waals surface area contributed by atoms with Gasteiger partial charge in [0, 0.05) is 42.9 Å². The summed E-state index contributed by atoms with van der Waals surface area (Å²) < 4.78 is 2.11. The van der Waals surface area contributed by atoms with Gasteiger partial charge in [0.2, 0.25) is 0 Å². The van der Waals surface area contributed by atoms with Crippen LogP contribution in [-0.4, -0.2) is 34.9 Å². The fourth-order valence-electron chi connectivity index (χ4n) is 12.0. The van der Waals surface area contributed by atoms with E-state index < -0.39 is 5.41 Å². The van der Waals surface area contributed by atoms with Crippen molar-refractivity contribution in [2.75, 3.05) is 0 Å². The van der Waals surface area contributed by atoms with Gasteiger partial charge in [-0.25, -0.2) is 0 Å². The molecule has 0 spiro atoms. The summed E-state index contributed by atoms with van der Waals surface area (Å²) in [6.07, 6.45) is 3.84. The van der Waals surface area contributed by atoms with Crippen LogP contribution >= 0.6 is 31.9 Å². The molecule has 5 aliphatic rings. The third-order valence-corrected chi connectivity index (χ3v) is 16.1. The molecule has 65 heavy (non-hydrogen) atoms. The lowest BCUT2D eigenvalue weighted by Gasteiger charge is -2.34. The van der Waals surface area contributed by atoms with Gasteiger partial charge < -0.3 is 0 Å². The Morgan fingerprint density at radius 1 is 0.462 bits per heavy atom. The lowest BCUT2D eigenvalue weighted by atomic mass is 9.67. The molecule has 0 saturated heterocycles. The summed E-state index contributed by atoms with van der Waals surface area (Å²) in [5.41, 5.74) is 28.7. The monoisotopic (exact) mass is 982 g/mol. The van der Waals surface area contributed by atoms with E-state index in [-0.39, 0.29) is 12.1 Å². The third kappa shape index (κ3) is 7.03. The zero-order valence-electron chi connectivity index (χ0n) is 40.1. The molecule has 0 amide bonds. The van der Waals surface area contributed by atoms with Crippen molar-refractivity contribution in [2.24, 2.45) is 20.0 Å². The van der Waals surface area contributed by atoms with Crippen LogP contribution in [0.3, 0.4) is 0 Å². The van der Waals surface area contributed by atoms with E-state index in [1.54, 1.807) is 0 Å². The van der Waals surface area contributed by atoms with Crippen LogP contribution in [0.4, 0.5) is 0 Å². The summed E-state index contributed by atoms with van der Waals surface area (Å²) in [4.78, 5) is 21.3. The molecule has 0 saturated carbocycles. The Hall–Kier alpha value is -5.04. The highest BCUT2D eigenvalue weighted by atomic mass is 79.9. The number of fused-ring (bicyclic) bond motifs is 3. The quantitative estimate of drug-likeness (QED) is 0.134. The molecule has 0 bridgehead atoms. The normalized spacial score (nSPS) is 21.6. The van der Waals surface area contributed by atoms with Gasteiger partial charge in [-0.2, -0.15) is 0 Å². The Kier molecular flexibility index (Phi) is 12.0. The predicted octanol–water partition coefficient (Wildman–Crippen LogP) is 16.5. The summed E-state index contributed by atoms with van der Waals surface area (Å²) in [5, 5.41) is 0. The number of aliphatic imine (C=N–C) groups is 4. The summed E-state index contributed by atoms with van der Waals surface area (Å²) in [6.45, 7) is 26.6. The van der Waals surface area contributed by atoms with Crippen molar-refractivity contribution < 1.29 is 0 Å². The van der Waals surface area contributed by atoms with Gasteiger partial charge in [-0.15, -0.1) is 0 Å². The molecule has 1 aliphatic carbocycles. The average molecular weight is 985 g/mol. The maximum atomic E-state index is 5.37. The second-order valence-corrected chi connectivity index (χ2v) is 20.2. The predicted molar refractivity (Wildman–Crippen MR) is 285 cm³/mol. The molecule has 2 atom stereocenters. The minimum atomic E-state index is -0.628. The third-order valence-electron chi connectivity index (χ3n) is 15.1. The number of halogens is 2. The van der Waals surface area contributed by atoms with E-state index in [4.69, 9.17) is 20.0 Å². The van der Waals surface area contributed by atoms with E-state index in [0.29, 0.717) is 0 Å². The highest BCUT2D eigenvalue weighted by molar-refractivity contribution is 9.10. The first-order valence-electron chi connectivity index (χ1n) is 23.5. The fourth-order valence-corrected chi connectivity index (χ4v) is 12.7. The second-order valence-electron chi connectivity index (χ2n) is 18.4. The number of hydrogen-bond acceptors (Lipinski definition) is 4. The topological polar surface area (TPSA) is 49.4 Å². The van der Waals surface area contributed by atoms with E-state index in [2.05, 4.69) is 200 Å². The highest BCUT2D eigenvalue weighted by Gasteiger charge is 2.47. The van der Waals surface area contributed by atoms with Gasteiger partial charge in [0.05, 0.1) is 28.9 Å². The molecule has 2 unspecified atom stereocenters. The Morgan fingerprint density at radius 2 is 0.815 bits per heavy atom. The van der Waals surface area contributed by atoms with Gasteiger partial charge in [0.15, 0.2) is 0 Å². The molecular formula is C59H60Br2N4. The van der Waals surface area contributed by atoms with Crippen molar-refractivity contribution in [1.82, 2.24) is 0 Å². The minimum Gasteiger partial charge on any atom is -0.277 e. The van der Waals surface area contributed by atoms with Gasteiger partial charge in [0.25, 0.3) is 0 Å². The van der Waals surface area contributed by atoms with E-state index in [1.807, 2.05) is 0 Å². The number of rotatable bonds is 10. The first-order chi connectivity index (χ1) is 31.2. The maximum Gasteiger partial charge on any atom is 0.0993 e. The molecule has 9 rings (SSSR count). The van der Waals surface area contributed by atoms with Crippen molar-refractivity contribution in [2.45, 2.75) is 126 Å². The molecule has 4 aromatic rings. The van der Waals surface area contributed by atoms with Crippen molar-refractivity contribution in [1.29, 1.82) is 0 Å². The van der Waals surface area contributed by atoms with Crippen LogP contribution in [0.5, 0.6) is 0 Å². The van der Waals surface area contributed by atoms with Crippen molar-refractivity contribution in [3.8, 4) is 11.1 Å². The van der Waals surface area contributed by atoms with Gasteiger partial charge in [-0.3, -0.25) is 20.0 Å². The highest BCUT2D eigenvalue weighted by Crippen LogP contribution is 2.58. The first kappa shape index (κ1) is 45.1. The van der Waals surface area contributed by atoms with E-state index >= 15 is 0 Å². The zero-order chi connectivity index (χ0) is 46.2. The van der Waals surface area contributed by atoms with Crippen molar-refractivity contribution in [3.05, 3.63) is 183 Å². The number of benzene rings is 4. The molecule has 0 fully saturated rings. The van der Waals surface area contributed by atoms with Gasteiger partial charge in [-0.1, -0.05) is 120 Å². The lowest BCUT2D eigenvalue weighted by Crippen LogP contribution is -2.29. The average Bonchev–Trinajstić information content (AvgIpc) is 4.02. The SMILES string of the molecule is CCC1=C(C)/C(=C(\c2ccc(C3(c4ccc(/C(=C5\N=C(C)C(CC)=C5C)C5N=C(C)C(CC)=C5C)cc4)c4cc(Br)ccc4-c4ccc(Br)cc43)cc2)C2N=C(C)C(CC)=C2C)N=C1C. The van der Waals surface area contributed by atoms with Crippen molar-refractivity contribution in [3.63, 3.8) is 0 Å². The smallest absolute Gasteiger partial charge is 0.0993 e. The Morgan fingerprint density at radius 3 is 1.12 bits per heavy atom. The summed E-state index contributed by atoms with van der Waals surface area (Å²) in [7, 11) is 0. The molecule has 0 radical (unpaired) electrons. The standard InChI is InChI=1S/C59H60Br2N4/c1-13-45-31(5)55(62-35(45)9)53(56-32(6)46(14-2)36(10)63-56)39-17-21-41(22-18-39)59(51-29-43(60)25-27-49(51)50-28-26-44(61)30-52(50)59)42-23-19-40(20-24-42)54(57-33(7)47(15-3)37(11)64-57)58-34(8)48(16-4)38(12)65-58/h17-30,55,57H,13-16H2,1-12H3/b56-53-,58-54+. The Balaban J connectivity index is 1.28. The number of hydrogen-bond donors (Lipinski definition) is 0. The van der Waals surface area contributed by atoms with E-state index in [9.17, 15) is 0 Å². The molecule has 0 N–H and O–H groups in total. The van der Waals surface area contributed by atoms with Crippen LogP contribution in [0, 0.1) is 0 Å². The van der Waals surface area contributed by atoms with Gasteiger partial charge in [0.1, 0.15) is 0 Å². The minimum absolute atomic E-state index is 0.0853. The van der Waals surface area contributed by atoms with Crippen LogP contribution in [-0.2, 0) is 5.41 Å². The van der Waals surface area contributed by atoms with Crippen LogP contribution in [0.25, 0.3) is 22.3 Å². The summed E-state index contributed by atoms with van der Waals surface area (Å²) in [6, 6.07) is 32.3. The largest absolute Gasteiger partial charge is 0.277 e. The maximum absolute atomic E-state index is 5.37. The molecular weight excluding hydrogens is 924 g/mol. The first-order valence-corrected chi connectivity index (χ1v) is 25.1. The molecule has 0 aromatic heterocycles. The van der Waals surface area contributed by atoms with E-state index in [1.165, 1.54) is 89.1 Å². The Bertz CT molecular complexity index is 2840.